The Morgan fingerprint density at radius 2 is 1.78 bits per heavy atom. The molecule has 0 bridgehead atoms. The number of pyridine rings is 1. The van der Waals surface area contributed by atoms with E-state index >= 15 is 0 Å². The number of hydrogen-bond donors (Lipinski definition) is 1. The van der Waals surface area contributed by atoms with Crippen molar-refractivity contribution >= 4 is 11.1 Å². The number of nitrogens with zero attached hydrogens (tertiary/aromatic N) is 1. The molecule has 1 N–H and O–H groups in total. The maximum absolute atomic E-state index is 11.9. The minimum Gasteiger partial charge on any atom is -0.337 e. The van der Waals surface area contributed by atoms with Crippen LogP contribution in [0.3, 0.4) is 0 Å². The molecule has 0 unspecified atom stereocenters. The smallest absolute Gasteiger partial charge is 0.337 e. The zero-order valence-corrected chi connectivity index (χ0v) is 20.6. The number of nitriles is 1. The quantitative estimate of drug-likeness (QED) is 0.463. The zero-order chi connectivity index (χ0) is 20.5. The third-order valence-electron chi connectivity index (χ3n) is 2.96. The average molecular weight is 389 g/mol. The van der Waals surface area contributed by atoms with Crippen molar-refractivity contribution in [2.24, 2.45) is 0 Å². The number of aromatic amines is 1. The summed E-state index contributed by atoms with van der Waals surface area (Å²) in [6, 6.07) is 3.43. The fourth-order valence-electron chi connectivity index (χ4n) is 1.93. The second kappa shape index (κ2) is 19.3. The van der Waals surface area contributed by atoms with Gasteiger partial charge in [-0.1, -0.05) is 78.2 Å². The van der Waals surface area contributed by atoms with E-state index in [4.69, 9.17) is 11.8 Å². The molecule has 0 radical (unpaired) electrons. The maximum Gasteiger partial charge on any atom is 1.00 e. The van der Waals surface area contributed by atoms with Crippen molar-refractivity contribution in [1.29, 1.82) is 5.26 Å². The summed E-state index contributed by atoms with van der Waals surface area (Å²) in [5.41, 5.74) is 2.26. The van der Waals surface area contributed by atoms with Crippen LogP contribution in [0.2, 0.25) is 0 Å². The van der Waals surface area contributed by atoms with Crippen LogP contribution < -0.4 is 56.9 Å². The van der Waals surface area contributed by atoms with Crippen molar-refractivity contribution in [3.63, 3.8) is 0 Å². The molecular formula is C23H29KN2O. The first kappa shape index (κ1) is 30.3. The molecule has 138 valence electrons. The van der Waals surface area contributed by atoms with Gasteiger partial charge in [-0.05, 0) is 22.9 Å². The number of hydrogen-bond acceptors (Lipinski definition) is 2. The van der Waals surface area contributed by atoms with Crippen LogP contribution in [0.15, 0.2) is 66.6 Å². The molecule has 0 fully saturated rings. The molecule has 0 aliphatic heterocycles. The molecule has 3 nitrogen and oxygen atoms in total. The first-order valence-electron chi connectivity index (χ1n) is 8.64. The second-order valence-electron chi connectivity index (χ2n) is 4.28. The van der Waals surface area contributed by atoms with Gasteiger partial charge in [0.2, 0.25) is 0 Å². The van der Waals surface area contributed by atoms with Gasteiger partial charge in [-0.3, -0.25) is 11.4 Å². The van der Waals surface area contributed by atoms with Crippen molar-refractivity contribution in [2.45, 2.75) is 34.6 Å². The SMILES string of the molecule is CC.CC.[CH-]=C/C(=C\C)c1[nH]c(=O)c(C#N)cc1C(/C=C\C=C)=C/C=C.[K+]. The predicted octanol–water partition coefficient (Wildman–Crippen LogP) is 3.01. The summed E-state index contributed by atoms with van der Waals surface area (Å²) in [6.45, 7) is 22.8. The molecule has 27 heavy (non-hydrogen) atoms. The molecule has 0 aliphatic carbocycles. The normalized spacial score (nSPS) is 10.2. The fraction of sp³-hybridized carbons (Fsp3) is 0.217. The first-order chi connectivity index (χ1) is 12.6. The molecule has 1 aromatic rings. The molecule has 1 heterocycles. The zero-order valence-electron chi connectivity index (χ0n) is 17.5. The van der Waals surface area contributed by atoms with Gasteiger partial charge >= 0.3 is 51.4 Å². The van der Waals surface area contributed by atoms with Gasteiger partial charge < -0.3 is 4.98 Å². The molecule has 1 rings (SSSR count). The van der Waals surface area contributed by atoms with E-state index in [1.54, 1.807) is 36.4 Å². The molecule has 0 aliphatic rings. The standard InChI is InChI=1S/C19H17N2O.2C2H6.K/c1-5-9-11-15(10-6-2)17-12-16(13-20)19(22)21-18(17)14(7-3)8-4;2*1-2;/h3,5-12H,1-2H2,4H3,(H,21,22);2*1-2H3;/q-1;;;+1/b11-9-,14-8+,15-10+;;;. The Balaban J connectivity index is -0.00000108. The van der Waals surface area contributed by atoms with Crippen molar-refractivity contribution < 1.29 is 51.4 Å². The molecular weight excluding hydrogens is 359 g/mol. The minimum absolute atomic E-state index is 0. The Labute approximate surface area is 207 Å². The van der Waals surface area contributed by atoms with E-state index in [-0.39, 0.29) is 56.9 Å². The van der Waals surface area contributed by atoms with Gasteiger partial charge in [0.15, 0.2) is 0 Å². The van der Waals surface area contributed by atoms with E-state index in [2.05, 4.69) is 18.1 Å². The van der Waals surface area contributed by atoms with Crippen molar-refractivity contribution in [3.8, 4) is 6.07 Å². The van der Waals surface area contributed by atoms with Crippen LogP contribution in [-0.4, -0.2) is 4.98 Å². The number of aromatic nitrogens is 1. The van der Waals surface area contributed by atoms with Crippen molar-refractivity contribution in [2.75, 3.05) is 0 Å². The van der Waals surface area contributed by atoms with Crippen LogP contribution >= 0.6 is 0 Å². The summed E-state index contributed by atoms with van der Waals surface area (Å²) < 4.78 is 0. The van der Waals surface area contributed by atoms with Gasteiger partial charge in [-0.25, -0.2) is 6.08 Å². The average Bonchev–Trinajstić information content (AvgIpc) is 2.69. The first-order valence-corrected chi connectivity index (χ1v) is 8.64. The molecule has 0 amide bonds. The number of rotatable bonds is 6. The van der Waals surface area contributed by atoms with Crippen LogP contribution in [0, 0.1) is 17.9 Å². The van der Waals surface area contributed by atoms with E-state index in [9.17, 15) is 4.79 Å². The van der Waals surface area contributed by atoms with Crippen LogP contribution in [0.25, 0.3) is 11.1 Å². The number of H-pyrrole nitrogens is 1. The summed E-state index contributed by atoms with van der Waals surface area (Å²) in [5, 5.41) is 9.08. The maximum atomic E-state index is 11.9. The Hall–Kier alpha value is -1.48. The van der Waals surface area contributed by atoms with E-state index in [1.165, 1.54) is 6.08 Å². The number of nitrogens with one attached hydrogen (secondary N) is 1. The van der Waals surface area contributed by atoms with E-state index in [0.717, 1.165) is 5.57 Å². The van der Waals surface area contributed by atoms with Gasteiger partial charge in [-0.2, -0.15) is 16.9 Å². The molecule has 4 heteroatoms. The molecule has 0 saturated carbocycles. The second-order valence-corrected chi connectivity index (χ2v) is 4.28. The summed E-state index contributed by atoms with van der Waals surface area (Å²) >= 11 is 0. The summed E-state index contributed by atoms with van der Waals surface area (Å²) in [7, 11) is 0. The summed E-state index contributed by atoms with van der Waals surface area (Å²) in [4.78, 5) is 14.6. The Kier molecular flexibility index (Phi) is 21.6. The molecule has 0 spiro atoms. The minimum atomic E-state index is -0.451. The summed E-state index contributed by atoms with van der Waals surface area (Å²) in [5.74, 6) is 0. The van der Waals surface area contributed by atoms with Crippen molar-refractivity contribution in [3.05, 3.63) is 95.5 Å². The Morgan fingerprint density at radius 3 is 2.19 bits per heavy atom. The third kappa shape index (κ3) is 9.85. The molecule has 0 saturated heterocycles. The Morgan fingerprint density at radius 1 is 1.19 bits per heavy atom. The van der Waals surface area contributed by atoms with Crippen LogP contribution in [0.4, 0.5) is 0 Å². The van der Waals surface area contributed by atoms with Gasteiger partial charge in [0.05, 0.1) is 0 Å². The Bertz CT molecular complexity index is 788. The van der Waals surface area contributed by atoms with Crippen LogP contribution in [0.1, 0.15) is 51.4 Å². The summed E-state index contributed by atoms with van der Waals surface area (Å²) in [6.07, 6.45) is 11.8. The fourth-order valence-corrected chi connectivity index (χ4v) is 1.93. The van der Waals surface area contributed by atoms with Gasteiger partial charge in [0.1, 0.15) is 11.6 Å². The van der Waals surface area contributed by atoms with Gasteiger partial charge in [-0.15, -0.1) is 0 Å². The predicted molar refractivity (Wildman–Crippen MR) is 115 cm³/mol. The molecule has 0 aromatic carbocycles. The third-order valence-corrected chi connectivity index (χ3v) is 2.96. The van der Waals surface area contributed by atoms with E-state index in [0.29, 0.717) is 16.8 Å². The monoisotopic (exact) mass is 388 g/mol. The largest absolute Gasteiger partial charge is 1.00 e. The van der Waals surface area contributed by atoms with Gasteiger partial charge in [0, 0.05) is 0 Å². The van der Waals surface area contributed by atoms with Crippen LogP contribution in [0.5, 0.6) is 0 Å². The topological polar surface area (TPSA) is 56.6 Å². The van der Waals surface area contributed by atoms with Gasteiger partial charge in [0.25, 0.3) is 5.56 Å². The molecule has 1 aromatic heterocycles. The number of allylic oxidation sites excluding steroid dienone is 9. The van der Waals surface area contributed by atoms with E-state index < -0.39 is 5.56 Å². The van der Waals surface area contributed by atoms with Crippen molar-refractivity contribution in [1.82, 2.24) is 4.98 Å². The van der Waals surface area contributed by atoms with Crippen LogP contribution in [-0.2, 0) is 0 Å². The molecule has 0 atom stereocenters. The van der Waals surface area contributed by atoms with E-state index in [1.807, 2.05) is 46.8 Å².